The van der Waals surface area contributed by atoms with Gasteiger partial charge in [0.1, 0.15) is 11.9 Å². The quantitative estimate of drug-likeness (QED) is 0.312. The fraction of sp³-hybridized carbons (Fsp3) is 0.778. The van der Waals surface area contributed by atoms with Crippen molar-refractivity contribution in [3.8, 4) is 5.75 Å². The van der Waals surface area contributed by atoms with Gasteiger partial charge in [-0.25, -0.2) is 0 Å². The van der Waals surface area contributed by atoms with Gasteiger partial charge in [-0.2, -0.15) is 0 Å². The fourth-order valence-corrected chi connectivity index (χ4v) is 5.54. The maximum atomic E-state index is 6.65. The van der Waals surface area contributed by atoms with Gasteiger partial charge in [-0.1, -0.05) is 53.7 Å². The van der Waals surface area contributed by atoms with Crippen LogP contribution in [0.15, 0.2) is 24.3 Å². The molecule has 7 heteroatoms. The van der Waals surface area contributed by atoms with E-state index in [2.05, 4.69) is 86.8 Å². The Balaban J connectivity index is 2.12. The third-order valence-electron chi connectivity index (χ3n) is 8.07. The molecule has 0 spiro atoms. The monoisotopic (exact) mass is 510 g/mol. The fourth-order valence-electron chi connectivity index (χ4n) is 3.43. The van der Waals surface area contributed by atoms with Crippen LogP contribution in [0, 0.1) is 0 Å². The Bertz CT molecular complexity index is 780. The second kappa shape index (κ2) is 10.7. The molecule has 1 aromatic carbocycles. The number of hydrogen-bond donors (Lipinski definition) is 0. The largest absolute Gasteiger partial charge is 0.497 e. The van der Waals surface area contributed by atoms with Crippen LogP contribution in [0.25, 0.3) is 0 Å². The number of benzene rings is 1. The summed E-state index contributed by atoms with van der Waals surface area (Å²) in [5, 5.41) is 0.316. The van der Waals surface area contributed by atoms with E-state index >= 15 is 0 Å². The van der Waals surface area contributed by atoms with Gasteiger partial charge in [-0.05, 0) is 60.9 Å². The molecule has 2 rings (SSSR count). The van der Waals surface area contributed by atoms with Crippen molar-refractivity contribution < 1.29 is 23.1 Å². The Morgan fingerprint density at radius 1 is 0.912 bits per heavy atom. The molecule has 0 aliphatic carbocycles. The van der Waals surface area contributed by atoms with E-state index in [1.807, 2.05) is 12.1 Å². The summed E-state index contributed by atoms with van der Waals surface area (Å²) < 4.78 is 31.5. The zero-order chi connectivity index (χ0) is 26.0. The zero-order valence-corrected chi connectivity index (χ0v) is 25.8. The molecule has 3 atom stereocenters. The van der Waals surface area contributed by atoms with E-state index in [0.29, 0.717) is 19.8 Å². The van der Waals surface area contributed by atoms with Crippen molar-refractivity contribution in [1.82, 2.24) is 0 Å². The number of methoxy groups -OCH3 is 1. The molecule has 0 N–H and O–H groups in total. The van der Waals surface area contributed by atoms with Crippen LogP contribution in [0.2, 0.25) is 36.3 Å². The lowest BCUT2D eigenvalue weighted by Crippen LogP contribution is -2.46. The van der Waals surface area contributed by atoms with Gasteiger partial charge in [0, 0.05) is 6.42 Å². The molecule has 0 amide bonds. The standard InChI is InChI=1S/C27H50O5Si2/c1-25(2,3)33(9,10)30-19-24-23(29-18-21-13-15-22(28-8)16-14-21)17-27(7,32-24)20-31-34(11,12)26(4,5)6/h13-16,23-24H,17-20H2,1-12H3/t23-,24-,27-/m1/s1. The lowest BCUT2D eigenvalue weighted by Gasteiger charge is -2.39. The minimum Gasteiger partial charge on any atom is -0.497 e. The topological polar surface area (TPSA) is 46.2 Å². The van der Waals surface area contributed by atoms with Crippen molar-refractivity contribution in [3.63, 3.8) is 0 Å². The maximum Gasteiger partial charge on any atom is 0.192 e. The van der Waals surface area contributed by atoms with Gasteiger partial charge in [-0.15, -0.1) is 0 Å². The van der Waals surface area contributed by atoms with Gasteiger partial charge >= 0.3 is 0 Å². The Morgan fingerprint density at radius 3 is 1.94 bits per heavy atom. The lowest BCUT2D eigenvalue weighted by molar-refractivity contribution is -0.0892. The average Bonchev–Trinajstić information content (AvgIpc) is 3.04. The van der Waals surface area contributed by atoms with Crippen LogP contribution < -0.4 is 4.74 Å². The number of rotatable bonds is 10. The third-order valence-corrected chi connectivity index (χ3v) is 17.0. The van der Waals surface area contributed by atoms with Crippen LogP contribution in [0.4, 0.5) is 0 Å². The molecule has 5 nitrogen and oxygen atoms in total. The minimum absolute atomic E-state index is 0.0418. The third kappa shape index (κ3) is 7.64. The van der Waals surface area contributed by atoms with E-state index in [0.717, 1.165) is 17.7 Å². The lowest BCUT2D eigenvalue weighted by atomic mass is 10.0. The predicted molar refractivity (Wildman–Crippen MR) is 146 cm³/mol. The molecule has 0 radical (unpaired) electrons. The highest BCUT2D eigenvalue weighted by Gasteiger charge is 2.48. The van der Waals surface area contributed by atoms with E-state index in [-0.39, 0.29) is 27.9 Å². The van der Waals surface area contributed by atoms with Crippen LogP contribution >= 0.6 is 0 Å². The molecule has 1 aliphatic heterocycles. The number of ether oxygens (including phenoxy) is 3. The highest BCUT2D eigenvalue weighted by Crippen LogP contribution is 2.41. The van der Waals surface area contributed by atoms with Crippen LogP contribution in [0.1, 0.15) is 60.5 Å². The molecule has 1 heterocycles. The normalized spacial score (nSPS) is 24.5. The molecule has 0 bridgehead atoms. The summed E-state index contributed by atoms with van der Waals surface area (Å²) in [5.74, 6) is 0.851. The first-order valence-corrected chi connectivity index (χ1v) is 18.4. The Labute approximate surface area is 211 Å². The highest BCUT2D eigenvalue weighted by atomic mass is 28.4. The molecule has 1 saturated heterocycles. The van der Waals surface area contributed by atoms with Crippen molar-refractivity contribution in [2.45, 2.75) is 116 Å². The van der Waals surface area contributed by atoms with Crippen molar-refractivity contribution in [2.24, 2.45) is 0 Å². The van der Waals surface area contributed by atoms with E-state index < -0.39 is 16.6 Å². The molecule has 1 fully saturated rings. The summed E-state index contributed by atoms with van der Waals surface area (Å²) in [5.41, 5.74) is 0.734. The summed E-state index contributed by atoms with van der Waals surface area (Å²) in [6.07, 6.45) is 0.642. The molecule has 196 valence electrons. The van der Waals surface area contributed by atoms with E-state index in [9.17, 15) is 0 Å². The van der Waals surface area contributed by atoms with Crippen LogP contribution in [0.3, 0.4) is 0 Å². The summed E-state index contributed by atoms with van der Waals surface area (Å²) >= 11 is 0. The summed E-state index contributed by atoms with van der Waals surface area (Å²) in [4.78, 5) is 0. The van der Waals surface area contributed by atoms with Gasteiger partial charge in [0.05, 0.1) is 38.6 Å². The van der Waals surface area contributed by atoms with Gasteiger partial charge in [0.2, 0.25) is 0 Å². The summed E-state index contributed by atoms with van der Waals surface area (Å²) in [6.45, 7) is 26.6. The Hall–Kier alpha value is -0.706. The minimum atomic E-state index is -1.89. The summed E-state index contributed by atoms with van der Waals surface area (Å²) in [6, 6.07) is 8.04. The first-order chi connectivity index (χ1) is 15.4. The average molecular weight is 511 g/mol. The smallest absolute Gasteiger partial charge is 0.192 e. The highest BCUT2D eigenvalue weighted by molar-refractivity contribution is 6.74. The molecular formula is C27H50O5Si2. The SMILES string of the molecule is COc1ccc(CO[C@@H]2C[C@](C)(CO[Si](C)(C)C(C)(C)C)O[C@@H]2CO[Si](C)(C)C(C)(C)C)cc1. The van der Waals surface area contributed by atoms with Crippen molar-refractivity contribution >= 4 is 16.6 Å². The van der Waals surface area contributed by atoms with Gasteiger partial charge in [0.15, 0.2) is 16.6 Å². The molecule has 1 aromatic rings. The second-order valence-corrected chi connectivity index (χ2v) is 22.7. The molecule has 0 aromatic heterocycles. The molecule has 1 aliphatic rings. The van der Waals surface area contributed by atoms with Crippen LogP contribution in [-0.2, 0) is 24.9 Å². The van der Waals surface area contributed by atoms with Gasteiger partial charge in [-0.3, -0.25) is 0 Å². The molecule has 0 unspecified atom stereocenters. The van der Waals surface area contributed by atoms with Crippen LogP contribution in [0.5, 0.6) is 5.75 Å². The van der Waals surface area contributed by atoms with Gasteiger partial charge < -0.3 is 23.1 Å². The van der Waals surface area contributed by atoms with E-state index in [4.69, 9.17) is 23.1 Å². The zero-order valence-electron chi connectivity index (χ0n) is 23.8. The Morgan fingerprint density at radius 2 is 1.44 bits per heavy atom. The molecular weight excluding hydrogens is 460 g/mol. The molecule has 0 saturated carbocycles. The second-order valence-electron chi connectivity index (χ2n) is 13.1. The first kappa shape index (κ1) is 29.5. The molecule has 34 heavy (non-hydrogen) atoms. The van der Waals surface area contributed by atoms with E-state index in [1.165, 1.54) is 0 Å². The van der Waals surface area contributed by atoms with Gasteiger partial charge in [0.25, 0.3) is 0 Å². The first-order valence-electron chi connectivity index (χ1n) is 12.6. The van der Waals surface area contributed by atoms with E-state index in [1.54, 1.807) is 7.11 Å². The van der Waals surface area contributed by atoms with Crippen molar-refractivity contribution in [2.75, 3.05) is 20.3 Å². The summed E-state index contributed by atoms with van der Waals surface area (Å²) in [7, 11) is -2.09. The Kier molecular flexibility index (Phi) is 9.32. The van der Waals surface area contributed by atoms with Crippen LogP contribution in [-0.4, -0.2) is 54.8 Å². The maximum absolute atomic E-state index is 6.65. The van der Waals surface area contributed by atoms with Crippen molar-refractivity contribution in [1.29, 1.82) is 0 Å². The van der Waals surface area contributed by atoms with Crippen molar-refractivity contribution in [3.05, 3.63) is 29.8 Å². The predicted octanol–water partition coefficient (Wildman–Crippen LogP) is 7.17. The number of hydrogen-bond acceptors (Lipinski definition) is 5.